The van der Waals surface area contributed by atoms with Gasteiger partial charge in [0.15, 0.2) is 0 Å². The van der Waals surface area contributed by atoms with Crippen molar-refractivity contribution in [3.05, 3.63) is 243 Å². The van der Waals surface area contributed by atoms with Crippen LogP contribution >= 0.6 is 0 Å². The predicted octanol–water partition coefficient (Wildman–Crippen LogP) is 16.3. The molecular weight excluding hydrogens is 763 g/mol. The summed E-state index contributed by atoms with van der Waals surface area (Å²) < 4.78 is 4.86. The molecule has 0 unspecified atom stereocenters. The molecule has 10 aromatic carbocycles. The maximum atomic E-state index is 3.72. The van der Waals surface area contributed by atoms with E-state index in [1.165, 1.54) is 77.0 Å². The van der Waals surface area contributed by atoms with Gasteiger partial charge in [-0.3, -0.25) is 0 Å². The molecular formula is C60H41N3. The fourth-order valence-electron chi connectivity index (χ4n) is 9.47. The molecule has 0 saturated carbocycles. The number of nitrogens with zero attached hydrogens (tertiary/aromatic N) is 2. The maximum absolute atomic E-state index is 3.72. The zero-order valence-electron chi connectivity index (χ0n) is 34.5. The highest BCUT2D eigenvalue weighted by atomic mass is 15.0. The van der Waals surface area contributed by atoms with Gasteiger partial charge in [-0.05, 0) is 118 Å². The van der Waals surface area contributed by atoms with Gasteiger partial charge in [-0.2, -0.15) is 0 Å². The lowest BCUT2D eigenvalue weighted by Gasteiger charge is -2.14. The number of benzene rings is 10. The fourth-order valence-corrected chi connectivity index (χ4v) is 9.47. The molecule has 3 nitrogen and oxygen atoms in total. The molecule has 0 atom stereocenters. The highest BCUT2D eigenvalue weighted by molar-refractivity contribution is 6.19. The Bertz CT molecular complexity index is 3600. The quantitative estimate of drug-likeness (QED) is 0.162. The van der Waals surface area contributed by atoms with Crippen LogP contribution in [0.1, 0.15) is 0 Å². The summed E-state index contributed by atoms with van der Waals surface area (Å²) in [6, 6.07) is 87.7. The third-order valence-corrected chi connectivity index (χ3v) is 12.5. The summed E-state index contributed by atoms with van der Waals surface area (Å²) in [7, 11) is 0. The molecule has 12 aromatic rings. The molecule has 0 amide bonds. The van der Waals surface area contributed by atoms with Crippen molar-refractivity contribution in [1.82, 2.24) is 9.13 Å². The van der Waals surface area contributed by atoms with Gasteiger partial charge in [0.1, 0.15) is 0 Å². The fraction of sp³-hybridized carbons (Fsp3) is 0. The molecule has 1 N–H and O–H groups in total. The molecule has 12 rings (SSSR count). The molecule has 0 fully saturated rings. The first-order chi connectivity index (χ1) is 31.2. The average molecular weight is 804 g/mol. The summed E-state index contributed by atoms with van der Waals surface area (Å²) in [5.74, 6) is 0. The monoisotopic (exact) mass is 803 g/mol. The lowest BCUT2D eigenvalue weighted by atomic mass is 9.97. The number of para-hydroxylation sites is 3. The van der Waals surface area contributed by atoms with Gasteiger partial charge in [0.2, 0.25) is 0 Å². The third kappa shape index (κ3) is 6.46. The molecule has 0 aliphatic heterocycles. The molecule has 2 heterocycles. The minimum Gasteiger partial charge on any atom is -0.355 e. The van der Waals surface area contributed by atoms with Crippen LogP contribution in [0.15, 0.2) is 243 Å². The first-order valence-electron chi connectivity index (χ1n) is 21.6. The molecule has 0 aliphatic rings. The SMILES string of the molecule is c1ccc(-c2ccc(Nc3ccccc3-c3cccc(-c4ccc5c(c4)c4cc6c7ccccc7n(-c7ccc(-c8ccccc8)cc7)c6cc4n5-c4ccccc4)c3)cc2)cc1. The van der Waals surface area contributed by atoms with E-state index in [9.17, 15) is 0 Å². The number of rotatable bonds is 8. The molecule has 0 aliphatic carbocycles. The number of hydrogen-bond donors (Lipinski definition) is 1. The van der Waals surface area contributed by atoms with E-state index in [1.807, 2.05) is 0 Å². The van der Waals surface area contributed by atoms with Crippen molar-refractivity contribution in [1.29, 1.82) is 0 Å². The van der Waals surface area contributed by atoms with Gasteiger partial charge in [-0.15, -0.1) is 0 Å². The van der Waals surface area contributed by atoms with E-state index >= 15 is 0 Å². The minimum atomic E-state index is 1.05. The van der Waals surface area contributed by atoms with Crippen molar-refractivity contribution in [2.24, 2.45) is 0 Å². The summed E-state index contributed by atoms with van der Waals surface area (Å²) in [5, 5.41) is 8.65. The van der Waals surface area contributed by atoms with Gasteiger partial charge in [-0.1, -0.05) is 164 Å². The predicted molar refractivity (Wildman–Crippen MR) is 267 cm³/mol. The van der Waals surface area contributed by atoms with Crippen LogP contribution in [-0.4, -0.2) is 9.13 Å². The van der Waals surface area contributed by atoms with Crippen molar-refractivity contribution in [2.45, 2.75) is 0 Å². The molecule has 0 bridgehead atoms. The Morgan fingerprint density at radius 1 is 0.254 bits per heavy atom. The van der Waals surface area contributed by atoms with E-state index in [-0.39, 0.29) is 0 Å². The molecule has 2 aromatic heterocycles. The highest BCUT2D eigenvalue weighted by Gasteiger charge is 2.19. The molecule has 296 valence electrons. The van der Waals surface area contributed by atoms with Gasteiger partial charge >= 0.3 is 0 Å². The third-order valence-electron chi connectivity index (χ3n) is 12.5. The van der Waals surface area contributed by atoms with E-state index < -0.39 is 0 Å². The van der Waals surface area contributed by atoms with Crippen molar-refractivity contribution in [2.75, 3.05) is 5.32 Å². The van der Waals surface area contributed by atoms with Gasteiger partial charge in [0.05, 0.1) is 22.1 Å². The lowest BCUT2D eigenvalue weighted by Crippen LogP contribution is -1.96. The van der Waals surface area contributed by atoms with E-state index in [0.29, 0.717) is 0 Å². The summed E-state index contributed by atoms with van der Waals surface area (Å²) in [6.07, 6.45) is 0. The van der Waals surface area contributed by atoms with Crippen molar-refractivity contribution < 1.29 is 0 Å². The second kappa shape index (κ2) is 15.3. The van der Waals surface area contributed by atoms with Crippen LogP contribution < -0.4 is 5.32 Å². The van der Waals surface area contributed by atoms with Gasteiger partial charge in [0.25, 0.3) is 0 Å². The van der Waals surface area contributed by atoms with Crippen LogP contribution in [0.2, 0.25) is 0 Å². The Balaban J connectivity index is 0.973. The van der Waals surface area contributed by atoms with Crippen molar-refractivity contribution in [3.8, 4) is 55.9 Å². The smallest absolute Gasteiger partial charge is 0.0562 e. The summed E-state index contributed by atoms with van der Waals surface area (Å²) in [5.41, 5.74) is 18.6. The van der Waals surface area contributed by atoms with Gasteiger partial charge in [0, 0.05) is 49.9 Å². The highest BCUT2D eigenvalue weighted by Crippen LogP contribution is 2.42. The Kier molecular flexibility index (Phi) is 8.83. The molecule has 3 heteroatoms. The normalized spacial score (nSPS) is 11.5. The number of fused-ring (bicyclic) bond motifs is 6. The molecule has 0 spiro atoms. The van der Waals surface area contributed by atoms with Crippen LogP contribution in [0, 0.1) is 0 Å². The standard InChI is InChI=1S/C60H41N3/c1-4-15-41(16-5-1)43-27-32-48(33-28-43)61-56-25-12-10-23-51(56)47-20-14-19-45(37-47)46-31-36-58-53(38-46)55-39-54-52-24-11-13-26-57(52)63(50-34-29-44(30-35-50)42-17-6-2-7-18-42)59(54)40-60(55)62(58)49-21-8-3-9-22-49/h1-40,61H. The Morgan fingerprint density at radius 3 is 1.44 bits per heavy atom. The molecule has 0 saturated heterocycles. The summed E-state index contributed by atoms with van der Waals surface area (Å²) >= 11 is 0. The largest absolute Gasteiger partial charge is 0.355 e. The van der Waals surface area contributed by atoms with Crippen LogP contribution in [0.3, 0.4) is 0 Å². The molecule has 63 heavy (non-hydrogen) atoms. The topological polar surface area (TPSA) is 21.9 Å². The number of anilines is 2. The van der Waals surface area contributed by atoms with Gasteiger partial charge in [-0.25, -0.2) is 0 Å². The maximum Gasteiger partial charge on any atom is 0.0562 e. The van der Waals surface area contributed by atoms with Crippen LogP contribution in [0.25, 0.3) is 99.5 Å². The first-order valence-corrected chi connectivity index (χ1v) is 21.6. The van der Waals surface area contributed by atoms with E-state index in [1.54, 1.807) is 0 Å². The summed E-state index contributed by atoms with van der Waals surface area (Å²) in [6.45, 7) is 0. The molecule has 0 radical (unpaired) electrons. The number of nitrogens with one attached hydrogen (secondary N) is 1. The minimum absolute atomic E-state index is 1.05. The lowest BCUT2D eigenvalue weighted by molar-refractivity contribution is 1.16. The average Bonchev–Trinajstić information content (AvgIpc) is 3.86. The van der Waals surface area contributed by atoms with Crippen molar-refractivity contribution >= 4 is 55.0 Å². The Labute approximate surface area is 366 Å². The second-order valence-electron chi connectivity index (χ2n) is 16.2. The number of hydrogen-bond acceptors (Lipinski definition) is 1. The van der Waals surface area contributed by atoms with Gasteiger partial charge < -0.3 is 14.5 Å². The van der Waals surface area contributed by atoms with E-state index in [2.05, 4.69) is 257 Å². The zero-order chi connectivity index (χ0) is 41.7. The van der Waals surface area contributed by atoms with E-state index in [0.717, 1.165) is 33.9 Å². The zero-order valence-corrected chi connectivity index (χ0v) is 34.5. The first kappa shape index (κ1) is 36.5. The second-order valence-corrected chi connectivity index (χ2v) is 16.2. The van der Waals surface area contributed by atoms with Crippen LogP contribution in [0.5, 0.6) is 0 Å². The summed E-state index contributed by atoms with van der Waals surface area (Å²) in [4.78, 5) is 0. The van der Waals surface area contributed by atoms with Crippen molar-refractivity contribution in [3.63, 3.8) is 0 Å². The Hall–Kier alpha value is -8.40. The Morgan fingerprint density at radius 2 is 0.730 bits per heavy atom. The van der Waals surface area contributed by atoms with Crippen LogP contribution in [0.4, 0.5) is 11.4 Å². The van der Waals surface area contributed by atoms with Crippen LogP contribution in [-0.2, 0) is 0 Å². The number of aromatic nitrogens is 2. The van der Waals surface area contributed by atoms with E-state index in [4.69, 9.17) is 0 Å².